The van der Waals surface area contributed by atoms with Gasteiger partial charge in [-0.2, -0.15) is 0 Å². The maximum atomic E-state index is 6.76. The van der Waals surface area contributed by atoms with Crippen LogP contribution in [0.2, 0.25) is 0 Å². The third-order valence-electron chi connectivity index (χ3n) is 12.1. The molecule has 5 heterocycles. The molecule has 0 atom stereocenters. The number of fused-ring (bicyclic) bond motifs is 9. The second-order valence-corrected chi connectivity index (χ2v) is 17.0. The quantitative estimate of drug-likeness (QED) is 0.124. The minimum Gasteiger partial charge on any atom is -0.458 e. The van der Waals surface area contributed by atoms with Gasteiger partial charge in [0.25, 0.3) is 6.33 Å². The van der Waals surface area contributed by atoms with Gasteiger partial charge in [0, 0.05) is 28.7 Å². The number of aromatic nitrogens is 7. The summed E-state index contributed by atoms with van der Waals surface area (Å²) >= 11 is 0. The molecule has 0 spiro atoms. The van der Waals surface area contributed by atoms with Crippen LogP contribution in [0.25, 0.3) is 83.6 Å². The highest BCUT2D eigenvalue weighted by Gasteiger charge is 2.23. The average Bonchev–Trinajstić information content (AvgIpc) is 4.05. The van der Waals surface area contributed by atoms with Crippen LogP contribution in [0.3, 0.4) is 0 Å². The molecule has 0 aliphatic rings. The van der Waals surface area contributed by atoms with E-state index in [-0.39, 0.29) is 5.41 Å². The van der Waals surface area contributed by atoms with Crippen LogP contribution in [0.5, 0.6) is 11.5 Å². The van der Waals surface area contributed by atoms with E-state index in [0.717, 1.165) is 78.4 Å². The molecule has 8 heteroatoms. The van der Waals surface area contributed by atoms with E-state index in [0.29, 0.717) is 11.5 Å². The lowest BCUT2D eigenvalue weighted by Gasteiger charge is -2.19. The van der Waals surface area contributed by atoms with E-state index in [1.807, 2.05) is 24.4 Å². The number of hydrogen-bond acceptors (Lipinski definition) is 3. The number of ether oxygens (including phenoxy) is 1. The van der Waals surface area contributed by atoms with Crippen molar-refractivity contribution >= 4 is 60.7 Å². The number of benzene rings is 7. The molecule has 0 saturated heterocycles. The highest BCUT2D eigenvalue weighted by atomic mass is 16.5. The summed E-state index contributed by atoms with van der Waals surface area (Å²) in [5.41, 5.74) is 13.7. The Hall–Kier alpha value is -7.97. The summed E-state index contributed by atoms with van der Waals surface area (Å²) in [4.78, 5) is 10.1. The van der Waals surface area contributed by atoms with Crippen LogP contribution < -0.4 is 9.30 Å². The van der Waals surface area contributed by atoms with Crippen molar-refractivity contribution in [1.29, 1.82) is 0 Å². The minimum atomic E-state index is -0.0514. The topological polar surface area (TPSA) is 58.1 Å². The van der Waals surface area contributed by atoms with Gasteiger partial charge < -0.3 is 9.30 Å². The molecule has 0 saturated carbocycles. The smallest absolute Gasteiger partial charge is 0.269 e. The first-order valence-corrected chi connectivity index (χ1v) is 21.0. The van der Waals surface area contributed by atoms with E-state index in [1.165, 1.54) is 16.3 Å². The third kappa shape index (κ3) is 5.49. The Labute approximate surface area is 357 Å². The molecule has 0 radical (unpaired) electrons. The van der Waals surface area contributed by atoms with Gasteiger partial charge in [-0.3, -0.25) is 18.1 Å². The van der Waals surface area contributed by atoms with E-state index in [9.17, 15) is 0 Å². The van der Waals surface area contributed by atoms with Gasteiger partial charge in [0.2, 0.25) is 5.78 Å². The van der Waals surface area contributed by atoms with Crippen molar-refractivity contribution in [3.05, 3.63) is 194 Å². The molecule has 0 N–H and O–H groups in total. The lowest BCUT2D eigenvalue weighted by atomic mass is 9.88. The number of aryl methyl sites for hydroxylation is 1. The van der Waals surface area contributed by atoms with Gasteiger partial charge in [-0.15, -0.1) is 0 Å². The molecule has 0 amide bonds. The molecule has 0 fully saturated rings. The van der Waals surface area contributed by atoms with Crippen LogP contribution in [0, 0.1) is 13.3 Å². The maximum absolute atomic E-state index is 6.76. The van der Waals surface area contributed by atoms with E-state index in [4.69, 9.17) is 14.7 Å². The van der Waals surface area contributed by atoms with Crippen molar-refractivity contribution in [1.82, 2.24) is 28.1 Å². The predicted molar refractivity (Wildman–Crippen MR) is 249 cm³/mol. The summed E-state index contributed by atoms with van der Waals surface area (Å²) in [5, 5.41) is 2.40. The molecule has 0 aliphatic heterocycles. The van der Waals surface area contributed by atoms with Crippen LogP contribution in [-0.4, -0.2) is 28.1 Å². The molecule has 12 rings (SSSR count). The Morgan fingerprint density at radius 1 is 0.581 bits per heavy atom. The Morgan fingerprint density at radius 2 is 1.31 bits per heavy atom. The van der Waals surface area contributed by atoms with Crippen LogP contribution in [0.15, 0.2) is 176 Å². The van der Waals surface area contributed by atoms with E-state index < -0.39 is 0 Å². The molecule has 8 nitrogen and oxygen atoms in total. The molecule has 298 valence electrons. The van der Waals surface area contributed by atoms with Gasteiger partial charge in [-0.1, -0.05) is 112 Å². The number of nitrogens with zero attached hydrogens (tertiary/aromatic N) is 7. The monoisotopic (exact) mass is 803 g/mol. The molecule has 12 aromatic rings. The largest absolute Gasteiger partial charge is 0.458 e. The predicted octanol–water partition coefficient (Wildman–Crippen LogP) is 12.3. The molecule has 0 aliphatic carbocycles. The second kappa shape index (κ2) is 13.5. The zero-order valence-electron chi connectivity index (χ0n) is 34.8. The zero-order chi connectivity index (χ0) is 41.7. The van der Waals surface area contributed by atoms with E-state index in [2.05, 4.69) is 208 Å². The summed E-state index contributed by atoms with van der Waals surface area (Å²) < 4.78 is 17.8. The Bertz CT molecular complexity index is 3730. The van der Waals surface area contributed by atoms with Gasteiger partial charge in [-0.25, -0.2) is 9.97 Å². The molecule has 0 bridgehead atoms. The van der Waals surface area contributed by atoms with Crippen molar-refractivity contribution in [2.45, 2.75) is 33.1 Å². The highest BCUT2D eigenvalue weighted by Crippen LogP contribution is 2.37. The number of rotatable bonds is 6. The van der Waals surface area contributed by atoms with Crippen LogP contribution in [0.4, 0.5) is 0 Å². The number of imidazole rings is 3. The molecule has 0 unspecified atom stereocenters. The Balaban J connectivity index is 0.987. The molecular weight excluding hydrogens is 763 g/mol. The first-order valence-electron chi connectivity index (χ1n) is 21.0. The standard InChI is InChI=1S/C54H41N7O/c1-35-15-12-25-47-51(35)56-53-60(47)46-28-27-40(33-49(46)61(53)50-31-36(29-30-55-50)54(2,3)4)62-39-19-13-18-38(32-39)57-34-58(45-24-11-10-23-44(45)57)48-26-14-21-42-41-20-8-9-22-43(41)59(52(42)48)37-16-6-5-7-17-37/h5-33H,1-4H3. The minimum absolute atomic E-state index is 0.0514. The van der Waals surface area contributed by atoms with Crippen molar-refractivity contribution in [2.75, 3.05) is 0 Å². The van der Waals surface area contributed by atoms with Gasteiger partial charge in [0.05, 0.1) is 55.5 Å². The van der Waals surface area contributed by atoms with Gasteiger partial charge >= 0.3 is 0 Å². The number of para-hydroxylation sites is 6. The first kappa shape index (κ1) is 35.9. The first-order chi connectivity index (χ1) is 30.3. The van der Waals surface area contributed by atoms with Crippen LogP contribution in [-0.2, 0) is 5.41 Å². The zero-order valence-corrected chi connectivity index (χ0v) is 34.8. The SMILES string of the molecule is Cc1cccc2c1nc1n(-c3cc(C(C)(C)C)ccn3)c3cc(Oc4cccc(-n5[c-][n+](-c6cccc7c8ccccc8n(-c8ccccc8)c67)c6ccccc65)c4)ccc3n21. The fourth-order valence-corrected chi connectivity index (χ4v) is 9.17. The Kier molecular flexibility index (Phi) is 7.84. The summed E-state index contributed by atoms with van der Waals surface area (Å²) in [6, 6.07) is 59.4. The van der Waals surface area contributed by atoms with Gasteiger partial charge in [0.1, 0.15) is 17.3 Å². The average molecular weight is 804 g/mol. The van der Waals surface area contributed by atoms with Gasteiger partial charge in [-0.05, 0) is 96.3 Å². The summed E-state index contributed by atoms with van der Waals surface area (Å²) in [6.07, 6.45) is 5.66. The van der Waals surface area contributed by atoms with Crippen molar-refractivity contribution in [3.8, 4) is 34.4 Å². The van der Waals surface area contributed by atoms with Crippen molar-refractivity contribution in [2.24, 2.45) is 0 Å². The lowest BCUT2D eigenvalue weighted by Crippen LogP contribution is -2.30. The molecule has 5 aromatic heterocycles. The molecule has 62 heavy (non-hydrogen) atoms. The molecule has 7 aromatic carbocycles. The summed E-state index contributed by atoms with van der Waals surface area (Å²) in [5.74, 6) is 3.04. The highest BCUT2D eigenvalue weighted by molar-refractivity contribution is 6.11. The number of hydrogen-bond donors (Lipinski definition) is 0. The number of pyridine rings is 1. The van der Waals surface area contributed by atoms with Crippen molar-refractivity contribution in [3.63, 3.8) is 0 Å². The third-order valence-corrected chi connectivity index (χ3v) is 12.1. The van der Waals surface area contributed by atoms with Crippen molar-refractivity contribution < 1.29 is 9.30 Å². The fourth-order valence-electron chi connectivity index (χ4n) is 9.17. The van der Waals surface area contributed by atoms with Crippen LogP contribution >= 0.6 is 0 Å². The lowest BCUT2D eigenvalue weighted by molar-refractivity contribution is -0.571. The summed E-state index contributed by atoms with van der Waals surface area (Å²) in [6.45, 7) is 8.79. The van der Waals surface area contributed by atoms with E-state index in [1.54, 1.807) is 0 Å². The van der Waals surface area contributed by atoms with E-state index >= 15 is 0 Å². The van der Waals surface area contributed by atoms with Crippen LogP contribution in [0.1, 0.15) is 31.9 Å². The van der Waals surface area contributed by atoms with Gasteiger partial charge in [0.15, 0.2) is 0 Å². The summed E-state index contributed by atoms with van der Waals surface area (Å²) in [7, 11) is 0. The fraction of sp³-hybridized carbons (Fsp3) is 0.0926. The Morgan fingerprint density at radius 3 is 2.18 bits per heavy atom. The normalized spacial score (nSPS) is 12.2. The molecular formula is C54H41N7O. The maximum Gasteiger partial charge on any atom is 0.269 e. The second-order valence-electron chi connectivity index (χ2n) is 17.0.